The van der Waals surface area contributed by atoms with Crippen LogP contribution < -0.4 is 15.3 Å². The number of ether oxygens (including phenoxy) is 1. The average Bonchev–Trinajstić information content (AvgIpc) is 2.39. The van der Waals surface area contributed by atoms with Crippen molar-refractivity contribution in [1.82, 2.24) is 0 Å². The molecule has 1 nitrogen and oxygen atoms in total. The second kappa shape index (κ2) is 5.46. The molecule has 1 atom stereocenters. The molecule has 88 valence electrons. The van der Waals surface area contributed by atoms with E-state index in [1.165, 1.54) is 5.30 Å². The molecule has 0 bridgehead atoms. The van der Waals surface area contributed by atoms with Gasteiger partial charge in [-0.1, -0.05) is 0 Å². The van der Waals surface area contributed by atoms with Crippen molar-refractivity contribution in [3.63, 3.8) is 0 Å². The molecular formula is C13H13OPSSe. The molecule has 0 aliphatic rings. The minimum absolute atomic E-state index is 0.887. The number of methoxy groups -OCH3 is 1. The normalized spacial score (nSPS) is 14.0. The van der Waals surface area contributed by atoms with E-state index in [9.17, 15) is 0 Å². The molecule has 0 saturated carbocycles. The van der Waals surface area contributed by atoms with E-state index in [-0.39, 0.29) is 0 Å². The van der Waals surface area contributed by atoms with Gasteiger partial charge in [-0.2, -0.15) is 0 Å². The van der Waals surface area contributed by atoms with Crippen LogP contribution in [0.5, 0.6) is 5.75 Å². The van der Waals surface area contributed by atoms with Crippen LogP contribution in [0.4, 0.5) is 0 Å². The number of thiol groups is 1. The Kier molecular flexibility index (Phi) is 4.17. The molecule has 0 amide bonds. The van der Waals surface area contributed by atoms with Crippen molar-refractivity contribution in [1.29, 1.82) is 0 Å². The summed E-state index contributed by atoms with van der Waals surface area (Å²) in [5.74, 6) is 0.887. The van der Waals surface area contributed by atoms with Crippen molar-refractivity contribution in [2.24, 2.45) is 0 Å². The fraction of sp³-hybridized carbons (Fsp3) is 0.0769. The Hall–Kier alpha value is -0.461. The maximum atomic E-state index is 5.41. The van der Waals surface area contributed by atoms with Gasteiger partial charge in [-0.3, -0.25) is 0 Å². The van der Waals surface area contributed by atoms with Crippen molar-refractivity contribution in [3.05, 3.63) is 54.6 Å². The maximum absolute atomic E-state index is 5.41. The Bertz CT molecular complexity index is 556. The summed E-state index contributed by atoms with van der Waals surface area (Å²) in [4.78, 5) is 0. The Morgan fingerprint density at radius 3 is 2.24 bits per heavy atom. The average molecular weight is 327 g/mol. The molecule has 1 unspecified atom stereocenters. The minimum atomic E-state index is -1.76. The Morgan fingerprint density at radius 1 is 1.00 bits per heavy atom. The molecule has 0 fully saturated rings. The van der Waals surface area contributed by atoms with E-state index in [0.29, 0.717) is 0 Å². The van der Waals surface area contributed by atoms with E-state index in [1.807, 2.05) is 36.4 Å². The Balaban J connectivity index is 2.56. The van der Waals surface area contributed by atoms with Crippen LogP contribution in [0.25, 0.3) is 0 Å². The zero-order valence-corrected chi connectivity index (χ0v) is 12.9. The molecule has 4 heteroatoms. The van der Waals surface area contributed by atoms with Gasteiger partial charge in [-0.05, 0) is 0 Å². The van der Waals surface area contributed by atoms with Gasteiger partial charge >= 0.3 is 115 Å². The molecule has 0 aliphatic carbocycles. The second-order valence-electron chi connectivity index (χ2n) is 3.58. The summed E-state index contributed by atoms with van der Waals surface area (Å²) in [6, 6.07) is 18.3. The zero-order chi connectivity index (χ0) is 12.3. The monoisotopic (exact) mass is 328 g/mol. The van der Waals surface area contributed by atoms with Crippen LogP contribution in [0.2, 0.25) is 0 Å². The molecule has 0 aliphatic heterocycles. The first-order valence-electron chi connectivity index (χ1n) is 5.18. The molecule has 0 N–H and O–H groups in total. The van der Waals surface area contributed by atoms with Gasteiger partial charge in [0, 0.05) is 0 Å². The Morgan fingerprint density at radius 2 is 1.59 bits per heavy atom. The van der Waals surface area contributed by atoms with Gasteiger partial charge in [0.05, 0.1) is 0 Å². The van der Waals surface area contributed by atoms with Crippen molar-refractivity contribution in [3.8, 4) is 5.75 Å². The van der Waals surface area contributed by atoms with Gasteiger partial charge < -0.3 is 0 Å². The molecular weight excluding hydrogens is 314 g/mol. The zero-order valence-electron chi connectivity index (χ0n) is 9.41. The summed E-state index contributed by atoms with van der Waals surface area (Å²) >= 11 is 8.12. The molecule has 0 heterocycles. The molecule has 0 aromatic heterocycles. The fourth-order valence-electron chi connectivity index (χ4n) is 1.65. The van der Waals surface area contributed by atoms with E-state index in [4.69, 9.17) is 17.0 Å². The summed E-state index contributed by atoms with van der Waals surface area (Å²) in [7, 11) is 1.69. The fourth-order valence-corrected chi connectivity index (χ4v) is 5.87. The number of hydrogen-bond acceptors (Lipinski definition) is 2. The van der Waals surface area contributed by atoms with E-state index < -0.39 is 4.71 Å². The number of rotatable bonds is 3. The van der Waals surface area contributed by atoms with Crippen molar-refractivity contribution in [2.45, 2.75) is 0 Å². The van der Waals surface area contributed by atoms with Crippen LogP contribution in [0.15, 0.2) is 54.6 Å². The van der Waals surface area contributed by atoms with Gasteiger partial charge in [0.2, 0.25) is 0 Å². The molecule has 0 spiro atoms. The molecule has 0 radical (unpaired) electrons. The third kappa shape index (κ3) is 2.69. The van der Waals surface area contributed by atoms with Crippen molar-refractivity contribution < 1.29 is 4.74 Å². The van der Waals surface area contributed by atoms with Crippen LogP contribution in [0, 0.1) is 0 Å². The predicted molar refractivity (Wildman–Crippen MR) is 80.4 cm³/mol. The molecule has 2 aromatic rings. The summed E-state index contributed by atoms with van der Waals surface area (Å²) < 4.78 is 3.66. The first kappa shape index (κ1) is 13.0. The topological polar surface area (TPSA) is 9.23 Å². The number of hydrogen-bond donors (Lipinski definition) is 1. The van der Waals surface area contributed by atoms with Crippen LogP contribution in [-0.2, 0) is 0 Å². The van der Waals surface area contributed by atoms with Crippen LogP contribution in [-0.4, -0.2) is 22.2 Å². The van der Waals surface area contributed by atoms with Gasteiger partial charge in [0.25, 0.3) is 0 Å². The summed E-state index contributed by atoms with van der Waals surface area (Å²) in [6.45, 7) is 0. The molecule has 0 saturated heterocycles. The first-order valence-corrected chi connectivity index (χ1v) is 10.3. The number of para-hydroxylation sites is 1. The first-order chi connectivity index (χ1) is 8.16. The van der Waals surface area contributed by atoms with Crippen LogP contribution in [0.1, 0.15) is 0 Å². The van der Waals surface area contributed by atoms with Gasteiger partial charge in [-0.15, -0.1) is 0 Å². The van der Waals surface area contributed by atoms with E-state index in [1.54, 1.807) is 7.11 Å². The van der Waals surface area contributed by atoms with Crippen LogP contribution in [0.3, 0.4) is 0 Å². The third-order valence-electron chi connectivity index (χ3n) is 2.52. The number of benzene rings is 2. The summed E-state index contributed by atoms with van der Waals surface area (Å²) in [5, 5.41) is 2.35. The van der Waals surface area contributed by atoms with Gasteiger partial charge in [-0.25, -0.2) is 0 Å². The quantitative estimate of drug-likeness (QED) is 0.518. The third-order valence-corrected chi connectivity index (χ3v) is 8.44. The summed E-state index contributed by atoms with van der Waals surface area (Å²) in [5.41, 5.74) is 0. The van der Waals surface area contributed by atoms with E-state index in [0.717, 1.165) is 11.1 Å². The Labute approximate surface area is 115 Å². The molecule has 17 heavy (non-hydrogen) atoms. The van der Waals surface area contributed by atoms with E-state index in [2.05, 4.69) is 33.3 Å². The molecule has 2 aromatic carbocycles. The van der Waals surface area contributed by atoms with Crippen molar-refractivity contribution >= 4 is 42.7 Å². The van der Waals surface area contributed by atoms with Crippen LogP contribution >= 0.6 is 17.0 Å². The standard InChI is InChI=1S/C13H13OPSSe/c1-14-12-9-5-6-10-13(12)15(16,17)11-7-3-2-4-8-11/h2-10H,1H3,(H,16,17). The summed E-state index contributed by atoms with van der Waals surface area (Å²) in [6.07, 6.45) is 0. The van der Waals surface area contributed by atoms with E-state index >= 15 is 0 Å². The van der Waals surface area contributed by atoms with Gasteiger partial charge in [0.15, 0.2) is 0 Å². The molecule has 2 rings (SSSR count). The van der Waals surface area contributed by atoms with Gasteiger partial charge in [0.1, 0.15) is 0 Å². The SMILES string of the molecule is COc1ccccc1P(S)(=[Se])c1ccccc1. The second-order valence-corrected chi connectivity index (χ2v) is 12.8. The predicted octanol–water partition coefficient (Wildman–Crippen LogP) is 2.59. The van der Waals surface area contributed by atoms with Crippen molar-refractivity contribution in [2.75, 3.05) is 7.11 Å².